The molecule has 0 bridgehead atoms. The standard InChI is InChI=1S/C10H14BrClN2/c1-2-8(11)5-6-13-10-4-3-9(12)7-14-10/h3-4,7-8H,2,5-6H2,1H3,(H,13,14). The molecule has 14 heavy (non-hydrogen) atoms. The molecule has 0 saturated heterocycles. The molecule has 1 heterocycles. The van der Waals surface area contributed by atoms with Gasteiger partial charge in [-0.3, -0.25) is 0 Å². The molecule has 1 aromatic rings. The number of pyridine rings is 1. The lowest BCUT2D eigenvalue weighted by Crippen LogP contribution is -2.08. The van der Waals surface area contributed by atoms with Gasteiger partial charge >= 0.3 is 0 Å². The average molecular weight is 278 g/mol. The third-order valence-electron chi connectivity index (χ3n) is 1.93. The number of alkyl halides is 1. The largest absolute Gasteiger partial charge is 0.370 e. The molecule has 0 saturated carbocycles. The van der Waals surface area contributed by atoms with Gasteiger partial charge in [0.2, 0.25) is 0 Å². The van der Waals surface area contributed by atoms with Crippen molar-refractivity contribution in [3.8, 4) is 0 Å². The monoisotopic (exact) mass is 276 g/mol. The summed E-state index contributed by atoms with van der Waals surface area (Å²) in [5.74, 6) is 0.880. The second-order valence-electron chi connectivity index (χ2n) is 3.08. The van der Waals surface area contributed by atoms with Crippen LogP contribution in [0.15, 0.2) is 18.3 Å². The molecule has 0 aliphatic heterocycles. The van der Waals surface area contributed by atoms with Gasteiger partial charge in [-0.25, -0.2) is 4.98 Å². The Morgan fingerprint density at radius 1 is 1.57 bits per heavy atom. The number of hydrogen-bond acceptors (Lipinski definition) is 2. The van der Waals surface area contributed by atoms with Gasteiger partial charge in [0.05, 0.1) is 5.02 Å². The Labute approximate surface area is 98.2 Å². The van der Waals surface area contributed by atoms with Crippen molar-refractivity contribution in [2.45, 2.75) is 24.6 Å². The van der Waals surface area contributed by atoms with Crippen LogP contribution in [0.5, 0.6) is 0 Å². The minimum absolute atomic E-state index is 0.585. The molecule has 1 unspecified atom stereocenters. The molecule has 1 rings (SSSR count). The highest BCUT2D eigenvalue weighted by atomic mass is 79.9. The van der Waals surface area contributed by atoms with Gasteiger partial charge in [-0.1, -0.05) is 34.5 Å². The fourth-order valence-corrected chi connectivity index (χ4v) is 1.38. The predicted molar refractivity (Wildman–Crippen MR) is 65.4 cm³/mol. The summed E-state index contributed by atoms with van der Waals surface area (Å²) in [4.78, 5) is 4.73. The van der Waals surface area contributed by atoms with E-state index in [1.54, 1.807) is 6.20 Å². The molecule has 4 heteroatoms. The fraction of sp³-hybridized carbons (Fsp3) is 0.500. The fourth-order valence-electron chi connectivity index (χ4n) is 1.04. The Balaban J connectivity index is 2.28. The zero-order valence-electron chi connectivity index (χ0n) is 8.13. The number of nitrogens with zero attached hydrogens (tertiary/aromatic N) is 1. The SMILES string of the molecule is CCC(Br)CCNc1ccc(Cl)cn1. The van der Waals surface area contributed by atoms with Crippen LogP contribution in [0.4, 0.5) is 5.82 Å². The van der Waals surface area contributed by atoms with Crippen molar-refractivity contribution in [2.75, 3.05) is 11.9 Å². The van der Waals surface area contributed by atoms with E-state index < -0.39 is 0 Å². The molecule has 1 aromatic heterocycles. The van der Waals surface area contributed by atoms with Crippen LogP contribution in [0.3, 0.4) is 0 Å². The highest BCUT2D eigenvalue weighted by Crippen LogP contribution is 2.11. The van der Waals surface area contributed by atoms with Gasteiger partial charge in [0.25, 0.3) is 0 Å². The van der Waals surface area contributed by atoms with E-state index in [1.165, 1.54) is 0 Å². The molecular formula is C10H14BrClN2. The van der Waals surface area contributed by atoms with Crippen molar-refractivity contribution in [3.05, 3.63) is 23.4 Å². The van der Waals surface area contributed by atoms with Gasteiger partial charge in [0, 0.05) is 17.6 Å². The average Bonchev–Trinajstić information content (AvgIpc) is 2.21. The van der Waals surface area contributed by atoms with Crippen LogP contribution >= 0.6 is 27.5 Å². The van der Waals surface area contributed by atoms with E-state index in [-0.39, 0.29) is 0 Å². The smallest absolute Gasteiger partial charge is 0.125 e. The van der Waals surface area contributed by atoms with E-state index in [0.717, 1.165) is 25.2 Å². The van der Waals surface area contributed by atoms with Crippen molar-refractivity contribution in [1.82, 2.24) is 4.98 Å². The predicted octanol–water partition coefficient (Wildman–Crippen LogP) is 3.71. The maximum atomic E-state index is 5.72. The molecule has 0 amide bonds. The maximum Gasteiger partial charge on any atom is 0.125 e. The molecule has 0 spiro atoms. The van der Waals surface area contributed by atoms with Crippen LogP contribution in [0, 0.1) is 0 Å². The van der Waals surface area contributed by atoms with Crippen LogP contribution in [-0.2, 0) is 0 Å². The third kappa shape index (κ3) is 4.29. The zero-order valence-corrected chi connectivity index (χ0v) is 10.5. The first kappa shape index (κ1) is 11.8. The molecule has 0 radical (unpaired) electrons. The van der Waals surface area contributed by atoms with Gasteiger partial charge in [0.1, 0.15) is 5.82 Å². The summed E-state index contributed by atoms with van der Waals surface area (Å²) in [5.41, 5.74) is 0. The van der Waals surface area contributed by atoms with E-state index in [4.69, 9.17) is 11.6 Å². The topological polar surface area (TPSA) is 24.9 Å². The summed E-state index contributed by atoms with van der Waals surface area (Å²) in [6.07, 6.45) is 3.89. The molecule has 1 atom stereocenters. The molecular weight excluding hydrogens is 263 g/mol. The molecule has 0 fully saturated rings. The Hall–Kier alpha value is -0.280. The summed E-state index contributed by atoms with van der Waals surface area (Å²) in [6, 6.07) is 3.72. The van der Waals surface area contributed by atoms with Crippen LogP contribution in [-0.4, -0.2) is 16.4 Å². The summed E-state index contributed by atoms with van der Waals surface area (Å²) >= 11 is 9.30. The second kappa shape index (κ2) is 6.25. The molecule has 0 aliphatic carbocycles. The van der Waals surface area contributed by atoms with Crippen molar-refractivity contribution in [3.63, 3.8) is 0 Å². The van der Waals surface area contributed by atoms with Gasteiger partial charge < -0.3 is 5.32 Å². The molecule has 0 aromatic carbocycles. The lowest BCUT2D eigenvalue weighted by atomic mass is 10.2. The summed E-state index contributed by atoms with van der Waals surface area (Å²) in [5, 5.41) is 3.91. The number of hydrogen-bond donors (Lipinski definition) is 1. The summed E-state index contributed by atoms with van der Waals surface area (Å²) in [6.45, 7) is 3.10. The second-order valence-corrected chi connectivity index (χ2v) is 4.81. The Morgan fingerprint density at radius 3 is 2.93 bits per heavy atom. The quantitative estimate of drug-likeness (QED) is 0.830. The first-order chi connectivity index (χ1) is 6.72. The minimum Gasteiger partial charge on any atom is -0.370 e. The van der Waals surface area contributed by atoms with E-state index in [0.29, 0.717) is 9.85 Å². The molecule has 2 nitrogen and oxygen atoms in total. The Morgan fingerprint density at radius 2 is 2.36 bits per heavy atom. The lowest BCUT2D eigenvalue weighted by Gasteiger charge is -2.08. The number of anilines is 1. The van der Waals surface area contributed by atoms with E-state index >= 15 is 0 Å². The van der Waals surface area contributed by atoms with Crippen molar-refractivity contribution >= 4 is 33.3 Å². The number of aromatic nitrogens is 1. The third-order valence-corrected chi connectivity index (χ3v) is 3.26. The van der Waals surface area contributed by atoms with Crippen molar-refractivity contribution < 1.29 is 0 Å². The van der Waals surface area contributed by atoms with E-state index in [9.17, 15) is 0 Å². The molecule has 0 aliphatic rings. The van der Waals surface area contributed by atoms with Gasteiger partial charge in [0.15, 0.2) is 0 Å². The highest BCUT2D eigenvalue weighted by molar-refractivity contribution is 9.09. The summed E-state index contributed by atoms with van der Waals surface area (Å²) < 4.78 is 0. The maximum absolute atomic E-state index is 5.72. The Kier molecular flexibility index (Phi) is 5.26. The van der Waals surface area contributed by atoms with Crippen molar-refractivity contribution in [1.29, 1.82) is 0 Å². The van der Waals surface area contributed by atoms with E-state index in [2.05, 4.69) is 33.2 Å². The molecule has 1 N–H and O–H groups in total. The van der Waals surface area contributed by atoms with E-state index in [1.807, 2.05) is 12.1 Å². The highest BCUT2D eigenvalue weighted by Gasteiger charge is 2.00. The number of halogens is 2. The van der Waals surface area contributed by atoms with Crippen LogP contribution in [0.25, 0.3) is 0 Å². The first-order valence-corrected chi connectivity index (χ1v) is 6.01. The van der Waals surface area contributed by atoms with Crippen LogP contribution < -0.4 is 5.32 Å². The lowest BCUT2D eigenvalue weighted by molar-refractivity contribution is 0.773. The van der Waals surface area contributed by atoms with Crippen LogP contribution in [0.2, 0.25) is 5.02 Å². The normalized spacial score (nSPS) is 12.5. The van der Waals surface area contributed by atoms with Gasteiger partial charge in [-0.2, -0.15) is 0 Å². The first-order valence-electron chi connectivity index (χ1n) is 4.72. The van der Waals surface area contributed by atoms with Gasteiger partial charge in [-0.05, 0) is 25.0 Å². The summed E-state index contributed by atoms with van der Waals surface area (Å²) in [7, 11) is 0. The Bertz CT molecular complexity index is 263. The van der Waals surface area contributed by atoms with Gasteiger partial charge in [-0.15, -0.1) is 0 Å². The zero-order chi connectivity index (χ0) is 10.4. The van der Waals surface area contributed by atoms with Crippen molar-refractivity contribution in [2.24, 2.45) is 0 Å². The minimum atomic E-state index is 0.585. The molecule has 78 valence electrons. The number of nitrogens with one attached hydrogen (secondary N) is 1. The number of rotatable bonds is 5. The van der Waals surface area contributed by atoms with Crippen LogP contribution in [0.1, 0.15) is 19.8 Å².